The Labute approximate surface area is 147 Å². The van der Waals surface area contributed by atoms with E-state index in [9.17, 15) is 14.0 Å². The molecule has 0 fully saturated rings. The summed E-state index contributed by atoms with van der Waals surface area (Å²) in [6.07, 6.45) is -0.358. The predicted molar refractivity (Wildman–Crippen MR) is 87.3 cm³/mol. The van der Waals surface area contributed by atoms with E-state index in [1.165, 1.54) is 18.2 Å². The van der Waals surface area contributed by atoms with Crippen LogP contribution in [0.5, 0.6) is 11.5 Å². The van der Waals surface area contributed by atoms with E-state index in [0.717, 1.165) is 0 Å². The number of amides is 1. The van der Waals surface area contributed by atoms with Gasteiger partial charge in [0.05, 0.1) is 6.42 Å². The number of esters is 1. The van der Waals surface area contributed by atoms with Gasteiger partial charge in [0.25, 0.3) is 5.91 Å². The first-order valence-electron chi connectivity index (χ1n) is 7.31. The fraction of sp³-hybridized carbons (Fsp3) is 0.176. The number of fused-ring (bicyclic) bond motifs is 1. The van der Waals surface area contributed by atoms with Crippen molar-refractivity contribution in [2.75, 3.05) is 18.7 Å². The predicted octanol–water partition coefficient (Wildman–Crippen LogP) is 2.93. The molecule has 25 heavy (non-hydrogen) atoms. The standard InChI is InChI=1S/C17H13ClFNO5/c18-12-2-1-3-13(19)11(12)7-17(22)23-8-16(21)20-10-4-5-14-15(6-10)25-9-24-14/h1-6H,7-9H2,(H,20,21). The molecule has 2 aromatic rings. The molecule has 2 aromatic carbocycles. The number of halogens is 2. The molecular weight excluding hydrogens is 353 g/mol. The molecule has 0 aromatic heterocycles. The Hall–Kier alpha value is -2.80. The van der Waals surface area contributed by atoms with Crippen LogP contribution in [-0.2, 0) is 20.7 Å². The maximum absolute atomic E-state index is 13.6. The number of carbonyl (C=O) groups is 2. The molecule has 130 valence electrons. The summed E-state index contributed by atoms with van der Waals surface area (Å²) >= 11 is 5.84. The first-order valence-corrected chi connectivity index (χ1v) is 7.69. The van der Waals surface area contributed by atoms with Gasteiger partial charge in [0.2, 0.25) is 6.79 Å². The van der Waals surface area contributed by atoms with Crippen molar-refractivity contribution in [2.24, 2.45) is 0 Å². The van der Waals surface area contributed by atoms with Crippen molar-refractivity contribution < 1.29 is 28.2 Å². The lowest BCUT2D eigenvalue weighted by Crippen LogP contribution is -2.21. The summed E-state index contributed by atoms with van der Waals surface area (Å²) in [5, 5.41) is 2.69. The van der Waals surface area contributed by atoms with Crippen molar-refractivity contribution >= 4 is 29.2 Å². The molecule has 0 unspecified atom stereocenters. The van der Waals surface area contributed by atoms with Gasteiger partial charge < -0.3 is 19.5 Å². The Morgan fingerprint density at radius 2 is 2.00 bits per heavy atom. The second kappa shape index (κ2) is 7.40. The number of rotatable bonds is 5. The van der Waals surface area contributed by atoms with E-state index in [4.69, 9.17) is 25.8 Å². The summed E-state index contributed by atoms with van der Waals surface area (Å²) in [7, 11) is 0. The number of hydrogen-bond donors (Lipinski definition) is 1. The van der Waals surface area contributed by atoms with Crippen molar-refractivity contribution in [3.05, 3.63) is 52.8 Å². The molecule has 6 nitrogen and oxygen atoms in total. The number of carbonyl (C=O) groups excluding carboxylic acids is 2. The number of anilines is 1. The molecule has 3 rings (SSSR count). The summed E-state index contributed by atoms with van der Waals surface area (Å²) in [5.74, 6) is -0.788. The van der Waals surface area contributed by atoms with Gasteiger partial charge in [-0.3, -0.25) is 9.59 Å². The molecule has 0 spiro atoms. The van der Waals surface area contributed by atoms with Crippen LogP contribution in [0.1, 0.15) is 5.56 Å². The van der Waals surface area contributed by atoms with Gasteiger partial charge in [0.15, 0.2) is 18.1 Å². The second-order valence-corrected chi connectivity index (χ2v) is 5.56. The third-order valence-electron chi connectivity index (χ3n) is 3.40. The van der Waals surface area contributed by atoms with Crippen LogP contribution in [0.2, 0.25) is 5.02 Å². The van der Waals surface area contributed by atoms with Gasteiger partial charge in [0.1, 0.15) is 5.82 Å². The Morgan fingerprint density at radius 1 is 1.20 bits per heavy atom. The summed E-state index contributed by atoms with van der Waals surface area (Å²) in [5.41, 5.74) is 0.507. The Morgan fingerprint density at radius 3 is 2.80 bits per heavy atom. The van der Waals surface area contributed by atoms with Crippen LogP contribution in [0.25, 0.3) is 0 Å². The Kier molecular flexibility index (Phi) is 5.04. The quantitative estimate of drug-likeness (QED) is 0.825. The molecule has 1 aliphatic rings. The molecule has 0 radical (unpaired) electrons. The molecule has 8 heteroatoms. The molecular formula is C17H13ClFNO5. The Balaban J connectivity index is 1.51. The van der Waals surface area contributed by atoms with Gasteiger partial charge in [-0.2, -0.15) is 0 Å². The normalized spacial score (nSPS) is 11.9. The van der Waals surface area contributed by atoms with Gasteiger partial charge >= 0.3 is 5.97 Å². The highest BCUT2D eigenvalue weighted by Crippen LogP contribution is 2.34. The minimum atomic E-state index is -0.757. The van der Waals surface area contributed by atoms with E-state index >= 15 is 0 Å². The van der Waals surface area contributed by atoms with Gasteiger partial charge in [-0.15, -0.1) is 0 Å². The molecule has 1 heterocycles. The molecule has 0 saturated carbocycles. The lowest BCUT2D eigenvalue weighted by atomic mass is 10.1. The third-order valence-corrected chi connectivity index (χ3v) is 3.76. The lowest BCUT2D eigenvalue weighted by molar-refractivity contribution is -0.146. The van der Waals surface area contributed by atoms with Crippen molar-refractivity contribution in [2.45, 2.75) is 6.42 Å². The van der Waals surface area contributed by atoms with Crippen molar-refractivity contribution in [3.8, 4) is 11.5 Å². The molecule has 0 bridgehead atoms. The zero-order valence-corrected chi connectivity index (χ0v) is 13.6. The molecule has 1 amide bonds. The van der Waals surface area contributed by atoms with Crippen LogP contribution >= 0.6 is 11.6 Å². The zero-order valence-electron chi connectivity index (χ0n) is 12.9. The van der Waals surface area contributed by atoms with Crippen molar-refractivity contribution in [1.29, 1.82) is 0 Å². The smallest absolute Gasteiger partial charge is 0.310 e. The summed E-state index contributed by atoms with van der Waals surface area (Å²) in [6.45, 7) is -0.373. The summed E-state index contributed by atoms with van der Waals surface area (Å²) < 4.78 is 28.8. The van der Waals surface area contributed by atoms with Crippen LogP contribution < -0.4 is 14.8 Å². The monoisotopic (exact) mass is 365 g/mol. The maximum Gasteiger partial charge on any atom is 0.310 e. The minimum absolute atomic E-state index is 0.0327. The first kappa shape index (κ1) is 17.0. The number of benzene rings is 2. The van der Waals surface area contributed by atoms with Crippen LogP contribution in [0.4, 0.5) is 10.1 Å². The lowest BCUT2D eigenvalue weighted by Gasteiger charge is -2.08. The SMILES string of the molecule is O=C(COC(=O)Cc1c(F)cccc1Cl)Nc1ccc2c(c1)OCO2. The first-order chi connectivity index (χ1) is 12.0. The number of ether oxygens (including phenoxy) is 3. The summed E-state index contributed by atoms with van der Waals surface area (Å²) in [4.78, 5) is 23.6. The van der Waals surface area contributed by atoms with E-state index in [1.807, 2.05) is 0 Å². The van der Waals surface area contributed by atoms with Gasteiger partial charge in [-0.25, -0.2) is 4.39 Å². The van der Waals surface area contributed by atoms with Crippen molar-refractivity contribution in [1.82, 2.24) is 0 Å². The maximum atomic E-state index is 13.6. The molecule has 0 aliphatic carbocycles. The van der Waals surface area contributed by atoms with Gasteiger partial charge in [-0.05, 0) is 24.3 Å². The average Bonchev–Trinajstić information content (AvgIpc) is 3.04. The Bertz CT molecular complexity index is 806. The largest absolute Gasteiger partial charge is 0.455 e. The van der Waals surface area contributed by atoms with E-state index < -0.39 is 24.3 Å². The average molecular weight is 366 g/mol. The fourth-order valence-corrected chi connectivity index (χ4v) is 2.44. The molecule has 1 N–H and O–H groups in total. The number of nitrogens with one attached hydrogen (secondary N) is 1. The molecule has 0 saturated heterocycles. The van der Waals surface area contributed by atoms with E-state index in [1.54, 1.807) is 18.2 Å². The topological polar surface area (TPSA) is 73.9 Å². The van der Waals surface area contributed by atoms with E-state index in [0.29, 0.717) is 17.2 Å². The number of hydrogen-bond acceptors (Lipinski definition) is 5. The van der Waals surface area contributed by atoms with Gasteiger partial charge in [-0.1, -0.05) is 17.7 Å². The van der Waals surface area contributed by atoms with Crippen molar-refractivity contribution in [3.63, 3.8) is 0 Å². The second-order valence-electron chi connectivity index (χ2n) is 5.15. The van der Waals surface area contributed by atoms with Crippen LogP contribution in [0.3, 0.4) is 0 Å². The fourth-order valence-electron chi connectivity index (χ4n) is 2.21. The van der Waals surface area contributed by atoms with Crippen LogP contribution in [0, 0.1) is 5.82 Å². The summed E-state index contributed by atoms with van der Waals surface area (Å²) in [6, 6.07) is 8.99. The van der Waals surface area contributed by atoms with Crippen LogP contribution in [-0.4, -0.2) is 25.3 Å². The minimum Gasteiger partial charge on any atom is -0.455 e. The third kappa shape index (κ3) is 4.19. The highest BCUT2D eigenvalue weighted by atomic mass is 35.5. The molecule has 1 aliphatic heterocycles. The highest BCUT2D eigenvalue weighted by molar-refractivity contribution is 6.31. The van der Waals surface area contributed by atoms with E-state index in [-0.39, 0.29) is 23.8 Å². The van der Waals surface area contributed by atoms with Crippen LogP contribution in [0.15, 0.2) is 36.4 Å². The zero-order chi connectivity index (χ0) is 17.8. The van der Waals surface area contributed by atoms with Gasteiger partial charge in [0, 0.05) is 22.3 Å². The molecule has 0 atom stereocenters. The van der Waals surface area contributed by atoms with E-state index in [2.05, 4.69) is 5.32 Å². The highest BCUT2D eigenvalue weighted by Gasteiger charge is 2.16.